The van der Waals surface area contributed by atoms with Crippen molar-refractivity contribution in [1.29, 1.82) is 0 Å². The summed E-state index contributed by atoms with van der Waals surface area (Å²) in [5.41, 5.74) is 8.02. The van der Waals surface area contributed by atoms with Crippen molar-refractivity contribution in [3.63, 3.8) is 0 Å². The number of allylic oxidation sites excluding steroid dienone is 3. The van der Waals surface area contributed by atoms with Gasteiger partial charge in [-0.2, -0.15) is 11.8 Å². The first-order chi connectivity index (χ1) is 13.7. The Labute approximate surface area is 188 Å². The van der Waals surface area contributed by atoms with Gasteiger partial charge in [-0.3, -0.25) is 0 Å². The Morgan fingerprint density at radius 2 is 1.69 bits per heavy atom. The Hall–Kier alpha value is -1.57. The average Bonchev–Trinajstić information content (AvgIpc) is 2.70. The molecule has 162 valence electrons. The van der Waals surface area contributed by atoms with Crippen molar-refractivity contribution in [2.24, 2.45) is 16.1 Å². The monoisotopic (exact) mass is 432 g/mol. The molecule has 0 heterocycles. The van der Waals surface area contributed by atoms with E-state index in [0.29, 0.717) is 11.4 Å². The number of nitrogens with zero attached hydrogens (tertiary/aromatic N) is 1. The van der Waals surface area contributed by atoms with Gasteiger partial charge < -0.3 is 5.73 Å². The highest BCUT2D eigenvalue weighted by Gasteiger charge is 2.18. The first kappa shape index (κ1) is 29.6. The molecule has 1 rings (SSSR count). The molecule has 1 unspecified atom stereocenters. The standard InChI is InChI=1S/C21H28N2S.C2H6S.C2H6/c1-7-8-17(20(22)23-5)9-10-18(15-21(2,3)4)16-11-13-19(24-6)14-12-16;1-3-2;1-2/h7-8,11-14,18H,5,15,22H2,1-4,6H3;1-2H3;1-2H3/b8-7-,20-17+;;. The van der Waals surface area contributed by atoms with E-state index in [1.807, 2.05) is 45.4 Å². The summed E-state index contributed by atoms with van der Waals surface area (Å²) in [6.07, 6.45) is 10.9. The lowest BCUT2D eigenvalue weighted by Gasteiger charge is -2.23. The minimum absolute atomic E-state index is 0.152. The quantitative estimate of drug-likeness (QED) is 0.228. The van der Waals surface area contributed by atoms with E-state index >= 15 is 0 Å². The van der Waals surface area contributed by atoms with Crippen LogP contribution in [0.4, 0.5) is 0 Å². The third kappa shape index (κ3) is 14.1. The molecule has 0 aliphatic heterocycles. The van der Waals surface area contributed by atoms with Crippen molar-refractivity contribution < 1.29 is 0 Å². The molecule has 2 nitrogen and oxygen atoms in total. The largest absolute Gasteiger partial charge is 0.383 e. The topological polar surface area (TPSA) is 38.4 Å². The van der Waals surface area contributed by atoms with Gasteiger partial charge in [0.1, 0.15) is 5.82 Å². The van der Waals surface area contributed by atoms with Gasteiger partial charge in [-0.05, 0) is 68.0 Å². The summed E-state index contributed by atoms with van der Waals surface area (Å²) in [6, 6.07) is 8.65. The second-order valence-corrected chi connectivity index (χ2v) is 8.92. The molecular formula is C25H40N2S2. The van der Waals surface area contributed by atoms with Gasteiger partial charge in [0.05, 0.1) is 5.57 Å². The molecule has 1 atom stereocenters. The van der Waals surface area contributed by atoms with Gasteiger partial charge >= 0.3 is 0 Å². The Bertz CT molecular complexity index is 684. The highest BCUT2D eigenvalue weighted by Crippen LogP contribution is 2.31. The molecule has 0 aromatic heterocycles. The molecule has 0 spiro atoms. The molecule has 0 saturated heterocycles. The van der Waals surface area contributed by atoms with E-state index in [-0.39, 0.29) is 11.3 Å². The summed E-state index contributed by atoms with van der Waals surface area (Å²) in [5, 5.41) is 0. The molecular weight excluding hydrogens is 392 g/mol. The van der Waals surface area contributed by atoms with Crippen LogP contribution >= 0.6 is 23.5 Å². The fourth-order valence-corrected chi connectivity index (χ4v) is 2.72. The van der Waals surface area contributed by atoms with Crippen LogP contribution in [0.25, 0.3) is 0 Å². The molecule has 0 fully saturated rings. The van der Waals surface area contributed by atoms with Crippen LogP contribution in [0.5, 0.6) is 0 Å². The van der Waals surface area contributed by atoms with Crippen molar-refractivity contribution in [2.45, 2.75) is 58.8 Å². The number of hydrogen-bond acceptors (Lipinski definition) is 4. The summed E-state index contributed by atoms with van der Waals surface area (Å²) >= 11 is 3.50. The van der Waals surface area contributed by atoms with Crippen LogP contribution in [0, 0.1) is 17.3 Å². The van der Waals surface area contributed by atoms with Crippen LogP contribution < -0.4 is 5.73 Å². The predicted molar refractivity (Wildman–Crippen MR) is 139 cm³/mol. The molecule has 1 aromatic carbocycles. The Morgan fingerprint density at radius 3 is 2.07 bits per heavy atom. The van der Waals surface area contributed by atoms with Crippen molar-refractivity contribution in [3.8, 4) is 11.8 Å². The molecule has 4 heteroatoms. The maximum Gasteiger partial charge on any atom is 0.138 e. The molecule has 0 bridgehead atoms. The van der Waals surface area contributed by atoms with Gasteiger partial charge in [0.25, 0.3) is 0 Å². The first-order valence-electron chi connectivity index (χ1n) is 9.87. The van der Waals surface area contributed by atoms with Gasteiger partial charge in [-0.1, -0.05) is 64.7 Å². The van der Waals surface area contributed by atoms with E-state index in [1.54, 1.807) is 23.5 Å². The number of thioether (sulfide) groups is 2. The van der Waals surface area contributed by atoms with Crippen molar-refractivity contribution in [3.05, 3.63) is 53.4 Å². The number of aliphatic imine (C=N–C) groups is 1. The smallest absolute Gasteiger partial charge is 0.138 e. The third-order valence-corrected chi connectivity index (χ3v) is 4.24. The lowest BCUT2D eigenvalue weighted by Crippen LogP contribution is -2.11. The van der Waals surface area contributed by atoms with Crippen molar-refractivity contribution in [1.82, 2.24) is 0 Å². The maximum absolute atomic E-state index is 5.89. The lowest BCUT2D eigenvalue weighted by atomic mass is 9.81. The molecule has 0 saturated carbocycles. The van der Waals surface area contributed by atoms with Gasteiger partial charge in [-0.25, -0.2) is 4.99 Å². The molecule has 0 aliphatic carbocycles. The zero-order valence-corrected chi connectivity index (χ0v) is 21.4. The Balaban J connectivity index is 0. The summed E-state index contributed by atoms with van der Waals surface area (Å²) in [5.74, 6) is 7.12. The second-order valence-electron chi connectivity index (χ2n) is 7.23. The molecule has 0 aliphatic rings. The minimum Gasteiger partial charge on any atom is -0.383 e. The average molecular weight is 433 g/mol. The first-order valence-corrected chi connectivity index (χ1v) is 12.7. The Morgan fingerprint density at radius 1 is 1.17 bits per heavy atom. The van der Waals surface area contributed by atoms with Gasteiger partial charge in [0, 0.05) is 10.8 Å². The van der Waals surface area contributed by atoms with E-state index < -0.39 is 0 Å². The molecule has 29 heavy (non-hydrogen) atoms. The number of hydrogen-bond donors (Lipinski definition) is 1. The number of rotatable bonds is 5. The molecule has 2 N–H and O–H groups in total. The lowest BCUT2D eigenvalue weighted by molar-refractivity contribution is 0.364. The van der Waals surface area contributed by atoms with E-state index in [9.17, 15) is 0 Å². The number of nitrogens with two attached hydrogens (primary N) is 1. The minimum atomic E-state index is 0.152. The summed E-state index contributed by atoms with van der Waals surface area (Å²) in [7, 11) is 0. The van der Waals surface area contributed by atoms with Crippen LogP contribution in [0.1, 0.15) is 59.4 Å². The molecule has 0 radical (unpaired) electrons. The van der Waals surface area contributed by atoms with E-state index in [2.05, 4.69) is 74.8 Å². The Kier molecular flexibility index (Phi) is 17.7. The van der Waals surface area contributed by atoms with Gasteiger partial charge in [-0.15, -0.1) is 11.8 Å². The van der Waals surface area contributed by atoms with Crippen LogP contribution in [-0.4, -0.2) is 25.5 Å². The van der Waals surface area contributed by atoms with Crippen LogP contribution in [0.15, 0.2) is 57.7 Å². The SMILES string of the molecule is C=N/C(N)=C(C#CC(CC(C)(C)C)c1ccc(SC)cc1)\C=C/C.CC.CSC. The van der Waals surface area contributed by atoms with Crippen molar-refractivity contribution >= 4 is 30.2 Å². The zero-order valence-electron chi connectivity index (χ0n) is 19.8. The molecule has 0 amide bonds. The zero-order chi connectivity index (χ0) is 22.9. The third-order valence-electron chi connectivity index (χ3n) is 3.50. The fraction of sp³-hybridized carbons (Fsp3) is 0.480. The molecule has 1 aromatic rings. The normalized spacial score (nSPS) is 12.3. The van der Waals surface area contributed by atoms with Gasteiger partial charge in [0.2, 0.25) is 0 Å². The maximum atomic E-state index is 5.89. The van der Waals surface area contributed by atoms with E-state index in [0.717, 1.165) is 6.42 Å². The predicted octanol–water partition coefficient (Wildman–Crippen LogP) is 7.38. The van der Waals surface area contributed by atoms with Crippen molar-refractivity contribution in [2.75, 3.05) is 18.8 Å². The fourth-order valence-electron chi connectivity index (χ4n) is 2.31. The summed E-state index contributed by atoms with van der Waals surface area (Å²) < 4.78 is 0. The summed E-state index contributed by atoms with van der Waals surface area (Å²) in [4.78, 5) is 5.07. The van der Waals surface area contributed by atoms with E-state index in [4.69, 9.17) is 5.73 Å². The van der Waals surface area contributed by atoms with E-state index in [1.165, 1.54) is 10.5 Å². The van der Waals surface area contributed by atoms with Gasteiger partial charge in [0.15, 0.2) is 0 Å². The van der Waals surface area contributed by atoms with Crippen LogP contribution in [0.3, 0.4) is 0 Å². The highest BCUT2D eigenvalue weighted by atomic mass is 32.2. The highest BCUT2D eigenvalue weighted by molar-refractivity contribution is 7.98. The summed E-state index contributed by atoms with van der Waals surface area (Å²) in [6.45, 7) is 16.1. The second kappa shape index (κ2) is 17.3. The van der Waals surface area contributed by atoms with Crippen LogP contribution in [-0.2, 0) is 0 Å². The number of benzene rings is 1. The van der Waals surface area contributed by atoms with Crippen LogP contribution in [0.2, 0.25) is 0 Å².